The van der Waals surface area contributed by atoms with Crippen molar-refractivity contribution in [3.8, 4) is 0 Å². The van der Waals surface area contributed by atoms with Gasteiger partial charge in [-0.2, -0.15) is 0 Å². The van der Waals surface area contributed by atoms with Gasteiger partial charge in [0.15, 0.2) is 0 Å². The Balaban J connectivity index is 0.00000256. The lowest BCUT2D eigenvalue weighted by molar-refractivity contribution is -0.123. The summed E-state index contributed by atoms with van der Waals surface area (Å²) in [6, 6.07) is 7.62. The number of amides is 1. The zero-order chi connectivity index (χ0) is 12.3. The summed E-state index contributed by atoms with van der Waals surface area (Å²) in [5.74, 6) is -0.133. The van der Waals surface area contributed by atoms with Crippen LogP contribution in [0.5, 0.6) is 0 Å². The van der Waals surface area contributed by atoms with E-state index in [2.05, 4.69) is 11.4 Å². The second kappa shape index (κ2) is 6.03. The lowest BCUT2D eigenvalue weighted by Crippen LogP contribution is -2.47. The van der Waals surface area contributed by atoms with Crippen molar-refractivity contribution in [3.05, 3.63) is 35.4 Å². The van der Waals surface area contributed by atoms with E-state index in [-0.39, 0.29) is 18.3 Å². The molecule has 0 spiro atoms. The molecule has 0 aliphatic carbocycles. The molecule has 0 saturated heterocycles. The molecule has 0 heterocycles. The number of carbonyl (C=O) groups excluding carboxylic acids is 1. The maximum atomic E-state index is 11.6. The first kappa shape index (κ1) is 15.9. The van der Waals surface area contributed by atoms with Crippen molar-refractivity contribution in [3.63, 3.8) is 0 Å². The second-order valence-corrected chi connectivity index (χ2v) is 4.77. The topological polar surface area (TPSA) is 55.1 Å². The van der Waals surface area contributed by atoms with E-state index in [1.165, 1.54) is 5.56 Å². The van der Waals surface area contributed by atoms with Crippen LogP contribution in [0.3, 0.4) is 0 Å². The molecule has 17 heavy (non-hydrogen) atoms. The number of benzene rings is 1. The lowest BCUT2D eigenvalue weighted by atomic mass is 9.92. The molecular weight excluding hydrogens is 236 g/mol. The van der Waals surface area contributed by atoms with Crippen LogP contribution >= 0.6 is 12.4 Å². The molecule has 96 valence electrons. The van der Waals surface area contributed by atoms with Gasteiger partial charge < -0.3 is 11.1 Å². The fraction of sp³-hybridized carbons (Fsp3) is 0.462. The smallest absolute Gasteiger partial charge is 0.237 e. The number of hydrogen-bond donors (Lipinski definition) is 2. The molecule has 1 aromatic rings. The van der Waals surface area contributed by atoms with E-state index in [9.17, 15) is 4.79 Å². The van der Waals surface area contributed by atoms with Gasteiger partial charge in [-0.05, 0) is 33.3 Å². The number of hydrogen-bond acceptors (Lipinski definition) is 2. The molecule has 1 aromatic carbocycles. The van der Waals surface area contributed by atoms with E-state index in [4.69, 9.17) is 5.73 Å². The Morgan fingerprint density at radius 1 is 1.41 bits per heavy atom. The quantitative estimate of drug-likeness (QED) is 0.870. The van der Waals surface area contributed by atoms with Gasteiger partial charge in [0.1, 0.15) is 0 Å². The Morgan fingerprint density at radius 2 is 2.00 bits per heavy atom. The SMILES string of the molecule is Cc1cccc(C(C)(C)NC(=O)C(C)N)c1.Cl. The Bertz CT molecular complexity index is 389. The van der Waals surface area contributed by atoms with Crippen LogP contribution in [0.1, 0.15) is 31.9 Å². The fourth-order valence-electron chi connectivity index (χ4n) is 1.53. The van der Waals surface area contributed by atoms with Crippen LogP contribution < -0.4 is 11.1 Å². The molecule has 0 radical (unpaired) electrons. The number of nitrogens with one attached hydrogen (secondary N) is 1. The average molecular weight is 257 g/mol. The first-order chi connectivity index (χ1) is 7.33. The predicted molar refractivity (Wildman–Crippen MR) is 73.2 cm³/mol. The largest absolute Gasteiger partial charge is 0.346 e. The van der Waals surface area contributed by atoms with Crippen molar-refractivity contribution in [2.45, 2.75) is 39.3 Å². The molecule has 1 unspecified atom stereocenters. The summed E-state index contributed by atoms with van der Waals surface area (Å²) >= 11 is 0. The molecule has 1 amide bonds. The number of nitrogens with two attached hydrogens (primary N) is 1. The number of halogens is 1. The average Bonchev–Trinajstić information content (AvgIpc) is 2.17. The van der Waals surface area contributed by atoms with Crippen LogP contribution in [0.25, 0.3) is 0 Å². The second-order valence-electron chi connectivity index (χ2n) is 4.77. The third-order valence-corrected chi connectivity index (χ3v) is 2.59. The highest BCUT2D eigenvalue weighted by Gasteiger charge is 2.23. The minimum absolute atomic E-state index is 0. The van der Waals surface area contributed by atoms with E-state index in [0.717, 1.165) is 5.56 Å². The monoisotopic (exact) mass is 256 g/mol. The Kier molecular flexibility index (Phi) is 5.66. The van der Waals surface area contributed by atoms with Crippen molar-refractivity contribution >= 4 is 18.3 Å². The summed E-state index contributed by atoms with van der Waals surface area (Å²) in [5.41, 5.74) is 7.41. The van der Waals surface area contributed by atoms with E-state index in [1.54, 1.807) is 6.92 Å². The molecule has 0 aliphatic heterocycles. The van der Waals surface area contributed by atoms with Gasteiger partial charge in [0.2, 0.25) is 5.91 Å². The molecule has 1 atom stereocenters. The van der Waals surface area contributed by atoms with Gasteiger partial charge in [-0.3, -0.25) is 4.79 Å². The van der Waals surface area contributed by atoms with E-state index >= 15 is 0 Å². The summed E-state index contributed by atoms with van der Waals surface area (Å²) in [5, 5.41) is 2.94. The van der Waals surface area contributed by atoms with Crippen molar-refractivity contribution < 1.29 is 4.79 Å². The minimum atomic E-state index is -0.482. The Labute approximate surface area is 109 Å². The van der Waals surface area contributed by atoms with Gasteiger partial charge in [-0.1, -0.05) is 29.8 Å². The Morgan fingerprint density at radius 3 is 2.47 bits per heavy atom. The zero-order valence-electron chi connectivity index (χ0n) is 10.8. The number of carbonyl (C=O) groups is 1. The number of rotatable bonds is 3. The normalized spacial score (nSPS) is 12.5. The van der Waals surface area contributed by atoms with Crippen molar-refractivity contribution in [2.24, 2.45) is 5.73 Å². The van der Waals surface area contributed by atoms with E-state index in [1.807, 2.05) is 39.0 Å². The molecule has 0 aliphatic rings. The highest BCUT2D eigenvalue weighted by Crippen LogP contribution is 2.20. The molecule has 3 N–H and O–H groups in total. The molecule has 0 saturated carbocycles. The molecule has 0 fully saturated rings. The number of aryl methyl sites for hydroxylation is 1. The van der Waals surface area contributed by atoms with E-state index < -0.39 is 11.6 Å². The lowest BCUT2D eigenvalue weighted by Gasteiger charge is -2.28. The summed E-state index contributed by atoms with van der Waals surface area (Å²) in [4.78, 5) is 11.6. The van der Waals surface area contributed by atoms with Crippen LogP contribution in [0.4, 0.5) is 0 Å². The first-order valence-electron chi connectivity index (χ1n) is 5.47. The van der Waals surface area contributed by atoms with Crippen LogP contribution in [0.15, 0.2) is 24.3 Å². The first-order valence-corrected chi connectivity index (χ1v) is 5.47. The van der Waals surface area contributed by atoms with Crippen molar-refractivity contribution in [1.82, 2.24) is 5.32 Å². The summed E-state index contributed by atoms with van der Waals surface area (Å²) in [6.07, 6.45) is 0. The third kappa shape index (κ3) is 4.36. The highest BCUT2D eigenvalue weighted by molar-refractivity contribution is 5.85. The summed E-state index contributed by atoms with van der Waals surface area (Å²) in [7, 11) is 0. The van der Waals surface area contributed by atoms with Crippen LogP contribution in [-0.4, -0.2) is 11.9 Å². The predicted octanol–water partition coefficient (Wildman–Crippen LogP) is 2.12. The molecule has 0 bridgehead atoms. The standard InChI is InChI=1S/C13H20N2O.ClH/c1-9-6-5-7-11(8-9)13(3,4)15-12(16)10(2)14;/h5-8,10H,14H2,1-4H3,(H,15,16);1H. The van der Waals surface area contributed by atoms with Gasteiger partial charge in [0.25, 0.3) is 0 Å². The van der Waals surface area contributed by atoms with Crippen LogP contribution in [0, 0.1) is 6.92 Å². The summed E-state index contributed by atoms with van der Waals surface area (Å²) in [6.45, 7) is 7.67. The minimum Gasteiger partial charge on any atom is -0.346 e. The summed E-state index contributed by atoms with van der Waals surface area (Å²) < 4.78 is 0. The molecule has 3 nitrogen and oxygen atoms in total. The van der Waals surface area contributed by atoms with Gasteiger partial charge in [0.05, 0.1) is 11.6 Å². The van der Waals surface area contributed by atoms with Gasteiger partial charge >= 0.3 is 0 Å². The van der Waals surface area contributed by atoms with Gasteiger partial charge in [-0.15, -0.1) is 12.4 Å². The Hall–Kier alpha value is -1.06. The van der Waals surface area contributed by atoms with Crippen LogP contribution in [0.2, 0.25) is 0 Å². The molecular formula is C13H21ClN2O. The molecule has 0 aromatic heterocycles. The maximum absolute atomic E-state index is 11.6. The molecule has 4 heteroatoms. The van der Waals surface area contributed by atoms with E-state index in [0.29, 0.717) is 0 Å². The van der Waals surface area contributed by atoms with Crippen molar-refractivity contribution in [1.29, 1.82) is 0 Å². The fourth-order valence-corrected chi connectivity index (χ4v) is 1.53. The van der Waals surface area contributed by atoms with Crippen LogP contribution in [-0.2, 0) is 10.3 Å². The third-order valence-electron chi connectivity index (χ3n) is 2.59. The maximum Gasteiger partial charge on any atom is 0.237 e. The van der Waals surface area contributed by atoms with Crippen molar-refractivity contribution in [2.75, 3.05) is 0 Å². The zero-order valence-corrected chi connectivity index (χ0v) is 11.6. The molecule has 1 rings (SSSR count). The van der Waals surface area contributed by atoms with Gasteiger partial charge in [0, 0.05) is 0 Å². The van der Waals surface area contributed by atoms with Gasteiger partial charge in [-0.25, -0.2) is 0 Å². The highest BCUT2D eigenvalue weighted by atomic mass is 35.5.